The second-order valence-electron chi connectivity index (χ2n) is 7.74. The molecule has 1 aromatic carbocycles. The van der Waals surface area contributed by atoms with E-state index < -0.39 is 0 Å². The first-order valence-electron chi connectivity index (χ1n) is 10.0. The maximum Gasteiger partial charge on any atom is 0.268 e. The Morgan fingerprint density at radius 2 is 2.04 bits per heavy atom. The number of nitrogens with two attached hydrogens (primary N) is 1. The fraction of sp³-hybridized carbons (Fsp3) is 0.409. The molecule has 1 aromatic heterocycles. The van der Waals surface area contributed by atoms with E-state index in [-0.39, 0.29) is 23.4 Å². The van der Waals surface area contributed by atoms with Crippen LogP contribution in [0.15, 0.2) is 41.7 Å². The molecule has 0 spiro atoms. The van der Waals surface area contributed by atoms with E-state index in [1.165, 1.54) is 5.56 Å². The Kier molecular flexibility index (Phi) is 5.03. The number of allylic oxidation sites excluding steroid dienone is 1. The molecular weight excluding hydrogens is 352 g/mol. The molecule has 4 rings (SSSR count). The standard InChI is InChI=1S/C22H26N4O2/c1-14-6-4-7-15(12-14)26-19-10-5-9-18(17(19)13-24-26)25-22(28)21(23)16-8-2-3-11-20(16)27/h4,6-7,12-13,18H,2-3,5,8-11,23H2,1H3,(H,25,28). The molecule has 3 N–H and O–H groups in total. The Bertz CT molecular complexity index is 957. The number of hydrogen-bond donors (Lipinski definition) is 2. The summed E-state index contributed by atoms with van der Waals surface area (Å²) in [5.41, 5.74) is 11.0. The highest BCUT2D eigenvalue weighted by Gasteiger charge is 2.28. The van der Waals surface area contributed by atoms with Crippen LogP contribution in [-0.4, -0.2) is 21.5 Å². The Morgan fingerprint density at radius 1 is 1.21 bits per heavy atom. The van der Waals surface area contributed by atoms with Gasteiger partial charge in [0.25, 0.3) is 5.91 Å². The molecule has 1 fully saturated rings. The van der Waals surface area contributed by atoms with Gasteiger partial charge in [0.1, 0.15) is 5.70 Å². The van der Waals surface area contributed by atoms with Gasteiger partial charge in [0.05, 0.1) is 17.9 Å². The van der Waals surface area contributed by atoms with E-state index in [2.05, 4.69) is 29.5 Å². The van der Waals surface area contributed by atoms with Crippen molar-refractivity contribution in [2.75, 3.05) is 0 Å². The fourth-order valence-electron chi connectivity index (χ4n) is 4.22. The predicted octanol–water partition coefficient (Wildman–Crippen LogP) is 3.03. The quantitative estimate of drug-likeness (QED) is 0.804. The summed E-state index contributed by atoms with van der Waals surface area (Å²) in [5, 5.41) is 7.62. The molecule has 2 aliphatic carbocycles. The summed E-state index contributed by atoms with van der Waals surface area (Å²) in [6.45, 7) is 2.06. The maximum absolute atomic E-state index is 12.7. The summed E-state index contributed by atoms with van der Waals surface area (Å²) in [4.78, 5) is 24.8. The van der Waals surface area contributed by atoms with Crippen molar-refractivity contribution in [2.24, 2.45) is 5.73 Å². The van der Waals surface area contributed by atoms with Crippen molar-refractivity contribution < 1.29 is 9.59 Å². The van der Waals surface area contributed by atoms with Crippen LogP contribution in [0.4, 0.5) is 0 Å². The zero-order valence-electron chi connectivity index (χ0n) is 16.2. The Morgan fingerprint density at radius 3 is 2.82 bits per heavy atom. The summed E-state index contributed by atoms with van der Waals surface area (Å²) in [7, 11) is 0. The van der Waals surface area contributed by atoms with E-state index in [4.69, 9.17) is 5.73 Å². The zero-order valence-corrected chi connectivity index (χ0v) is 16.2. The number of fused-ring (bicyclic) bond motifs is 1. The van der Waals surface area contributed by atoms with Gasteiger partial charge in [-0.05, 0) is 63.1 Å². The molecule has 1 saturated carbocycles. The number of benzene rings is 1. The van der Waals surface area contributed by atoms with Gasteiger partial charge < -0.3 is 11.1 Å². The highest BCUT2D eigenvalue weighted by atomic mass is 16.2. The number of carbonyl (C=O) groups excluding carboxylic acids is 2. The predicted molar refractivity (Wildman–Crippen MR) is 107 cm³/mol. The number of hydrogen-bond acceptors (Lipinski definition) is 4. The fourth-order valence-corrected chi connectivity index (χ4v) is 4.22. The molecule has 1 heterocycles. The van der Waals surface area contributed by atoms with Crippen molar-refractivity contribution in [3.8, 4) is 5.69 Å². The highest BCUT2D eigenvalue weighted by molar-refractivity contribution is 6.05. The molecule has 2 aromatic rings. The number of nitrogens with one attached hydrogen (secondary N) is 1. The molecule has 0 radical (unpaired) electrons. The number of aryl methyl sites for hydroxylation is 1. The largest absolute Gasteiger partial charge is 0.394 e. The topological polar surface area (TPSA) is 90.0 Å². The van der Waals surface area contributed by atoms with Crippen LogP contribution in [-0.2, 0) is 16.0 Å². The van der Waals surface area contributed by atoms with Gasteiger partial charge in [-0.1, -0.05) is 12.1 Å². The molecule has 6 heteroatoms. The molecule has 0 bridgehead atoms. The second kappa shape index (κ2) is 7.62. The number of ketones is 1. The average molecular weight is 378 g/mol. The summed E-state index contributed by atoms with van der Waals surface area (Å²) in [6.07, 6.45) is 7.44. The highest BCUT2D eigenvalue weighted by Crippen LogP contribution is 2.31. The van der Waals surface area contributed by atoms with Crippen LogP contribution in [0.25, 0.3) is 5.69 Å². The van der Waals surface area contributed by atoms with Gasteiger partial charge in [-0.2, -0.15) is 5.10 Å². The second-order valence-corrected chi connectivity index (χ2v) is 7.74. The Hall–Kier alpha value is -2.89. The number of carbonyl (C=O) groups is 2. The lowest BCUT2D eigenvalue weighted by molar-refractivity contribution is -0.120. The zero-order chi connectivity index (χ0) is 19.7. The first-order valence-corrected chi connectivity index (χ1v) is 10.0. The third kappa shape index (κ3) is 3.46. The molecule has 146 valence electrons. The Balaban J connectivity index is 1.58. The van der Waals surface area contributed by atoms with Gasteiger partial charge in [0.2, 0.25) is 0 Å². The van der Waals surface area contributed by atoms with Crippen molar-refractivity contribution in [3.05, 3.63) is 58.6 Å². The monoisotopic (exact) mass is 378 g/mol. The lowest BCUT2D eigenvalue weighted by atomic mass is 9.91. The van der Waals surface area contributed by atoms with E-state index in [1.54, 1.807) is 0 Å². The van der Waals surface area contributed by atoms with Crippen molar-refractivity contribution >= 4 is 11.7 Å². The maximum atomic E-state index is 12.7. The number of Topliss-reactive ketones (excluding diaryl/α,β-unsaturated/α-hetero) is 1. The van der Waals surface area contributed by atoms with Crippen molar-refractivity contribution in [1.82, 2.24) is 15.1 Å². The average Bonchev–Trinajstić information content (AvgIpc) is 3.13. The lowest BCUT2D eigenvalue weighted by Gasteiger charge is -2.25. The van der Waals surface area contributed by atoms with Gasteiger partial charge in [-0.3, -0.25) is 9.59 Å². The summed E-state index contributed by atoms with van der Waals surface area (Å²) in [5.74, 6) is -0.332. The Labute approximate surface area is 164 Å². The minimum Gasteiger partial charge on any atom is -0.394 e. The molecule has 1 atom stereocenters. The molecule has 1 unspecified atom stereocenters. The molecular formula is C22H26N4O2. The number of amides is 1. The van der Waals surface area contributed by atoms with Crippen LogP contribution in [0.3, 0.4) is 0 Å². The third-order valence-corrected chi connectivity index (χ3v) is 5.72. The van der Waals surface area contributed by atoms with Crippen LogP contribution in [0.2, 0.25) is 0 Å². The van der Waals surface area contributed by atoms with Crippen molar-refractivity contribution in [3.63, 3.8) is 0 Å². The van der Waals surface area contributed by atoms with Crippen molar-refractivity contribution in [1.29, 1.82) is 0 Å². The lowest BCUT2D eigenvalue weighted by Crippen LogP contribution is -2.35. The van der Waals surface area contributed by atoms with Crippen LogP contribution in [0.5, 0.6) is 0 Å². The van der Waals surface area contributed by atoms with Gasteiger partial charge >= 0.3 is 0 Å². The van der Waals surface area contributed by atoms with E-state index in [1.807, 2.05) is 23.0 Å². The summed E-state index contributed by atoms with van der Waals surface area (Å²) < 4.78 is 1.97. The van der Waals surface area contributed by atoms with E-state index in [9.17, 15) is 9.59 Å². The van der Waals surface area contributed by atoms with Gasteiger partial charge in [-0.15, -0.1) is 0 Å². The molecule has 6 nitrogen and oxygen atoms in total. The van der Waals surface area contributed by atoms with Gasteiger partial charge in [-0.25, -0.2) is 4.68 Å². The van der Waals surface area contributed by atoms with E-state index in [0.29, 0.717) is 18.4 Å². The van der Waals surface area contributed by atoms with Crippen LogP contribution >= 0.6 is 0 Å². The third-order valence-electron chi connectivity index (χ3n) is 5.72. The number of rotatable bonds is 3. The normalized spacial score (nSPS) is 21.2. The SMILES string of the molecule is Cc1cccc(-n2ncc3c2CCCC3NC(=O)C(N)=C2CCCCC2=O)c1. The number of aromatic nitrogens is 2. The molecule has 0 saturated heterocycles. The van der Waals surface area contributed by atoms with Gasteiger partial charge in [0.15, 0.2) is 5.78 Å². The van der Waals surface area contributed by atoms with Crippen LogP contribution in [0, 0.1) is 6.92 Å². The van der Waals surface area contributed by atoms with Gasteiger partial charge in [0, 0.05) is 23.3 Å². The number of nitrogens with zero attached hydrogens (tertiary/aromatic N) is 2. The minimum atomic E-state index is -0.341. The first-order chi connectivity index (χ1) is 13.5. The van der Waals surface area contributed by atoms with Crippen molar-refractivity contribution in [2.45, 2.75) is 57.9 Å². The summed E-state index contributed by atoms with van der Waals surface area (Å²) in [6, 6.07) is 8.10. The minimum absolute atomic E-state index is 0.00972. The first kappa shape index (κ1) is 18.5. The molecule has 28 heavy (non-hydrogen) atoms. The summed E-state index contributed by atoms with van der Waals surface area (Å²) >= 11 is 0. The molecule has 2 aliphatic rings. The van der Waals surface area contributed by atoms with E-state index >= 15 is 0 Å². The van der Waals surface area contributed by atoms with Crippen LogP contribution in [0.1, 0.15) is 61.4 Å². The molecule has 1 amide bonds. The smallest absolute Gasteiger partial charge is 0.268 e. The van der Waals surface area contributed by atoms with E-state index in [0.717, 1.165) is 49.0 Å². The molecule has 0 aliphatic heterocycles. The van der Waals surface area contributed by atoms with Crippen LogP contribution < -0.4 is 11.1 Å².